The Morgan fingerprint density at radius 1 is 1.91 bits per heavy atom. The summed E-state index contributed by atoms with van der Waals surface area (Å²) in [5.41, 5.74) is 8.31. The van der Waals surface area contributed by atoms with Crippen LogP contribution in [0.3, 0.4) is 0 Å². The van der Waals surface area contributed by atoms with Crippen molar-refractivity contribution in [1.82, 2.24) is 10.5 Å². The number of hydrogen-bond donors (Lipinski definition) is 2. The second-order valence-corrected chi connectivity index (χ2v) is 2.63. The molecule has 0 atom stereocenters. The number of hydrazine groups is 1. The van der Waals surface area contributed by atoms with Gasteiger partial charge in [-0.2, -0.15) is 5.10 Å². The normalized spacial score (nSPS) is 16.6. The number of amides is 1. The Balaban J connectivity index is 2.59. The molecule has 0 fully saturated rings. The molecule has 1 rings (SSSR count). The van der Waals surface area contributed by atoms with Crippen LogP contribution in [0.4, 0.5) is 0 Å². The Labute approximate surface area is 69.2 Å². The molecule has 0 aromatic rings. The average molecular weight is 172 g/mol. The number of rotatable bonds is 1. The van der Waals surface area contributed by atoms with E-state index >= 15 is 0 Å². The van der Waals surface area contributed by atoms with Gasteiger partial charge >= 0.3 is 0 Å². The van der Waals surface area contributed by atoms with Gasteiger partial charge in [0.25, 0.3) is 5.91 Å². The quantitative estimate of drug-likeness (QED) is 0.515. The largest absolute Gasteiger partial charge is 0.375 e. The summed E-state index contributed by atoms with van der Waals surface area (Å²) in [4.78, 5) is 11.0. The second-order valence-electron chi connectivity index (χ2n) is 2.19. The highest BCUT2D eigenvalue weighted by atomic mass is 32.1. The van der Waals surface area contributed by atoms with Crippen LogP contribution < -0.4 is 11.2 Å². The summed E-state index contributed by atoms with van der Waals surface area (Å²) in [5, 5.41) is 4.92. The van der Waals surface area contributed by atoms with Gasteiger partial charge in [0.05, 0.1) is 6.42 Å². The summed E-state index contributed by atoms with van der Waals surface area (Å²) in [5.74, 6) is -0.143. The Morgan fingerprint density at radius 3 is 2.91 bits per heavy atom. The molecule has 0 spiro atoms. The lowest BCUT2D eigenvalue weighted by molar-refractivity contribution is -0.130. The Kier molecular flexibility index (Phi) is 2.04. The maximum absolute atomic E-state index is 11.0. The minimum Gasteiger partial charge on any atom is -0.375 e. The fourth-order valence-electron chi connectivity index (χ4n) is 0.747. The highest BCUT2D eigenvalue weighted by molar-refractivity contribution is 7.80. The van der Waals surface area contributed by atoms with Gasteiger partial charge in [-0.1, -0.05) is 0 Å². The molecule has 1 aliphatic rings. The van der Waals surface area contributed by atoms with E-state index in [2.05, 4.69) is 22.7 Å². The third-order valence-corrected chi connectivity index (χ3v) is 1.22. The lowest BCUT2D eigenvalue weighted by atomic mass is 10.3. The van der Waals surface area contributed by atoms with Crippen molar-refractivity contribution in [3.63, 3.8) is 0 Å². The van der Waals surface area contributed by atoms with Gasteiger partial charge in [-0.25, -0.2) is 0 Å². The van der Waals surface area contributed by atoms with Crippen molar-refractivity contribution in [3.05, 3.63) is 0 Å². The van der Waals surface area contributed by atoms with Crippen LogP contribution in [0.1, 0.15) is 13.3 Å². The van der Waals surface area contributed by atoms with Gasteiger partial charge in [0, 0.05) is 5.71 Å². The molecule has 0 bridgehead atoms. The highest BCUT2D eigenvalue weighted by Crippen LogP contribution is 2.03. The number of nitrogens with zero attached hydrogens (tertiary/aromatic N) is 2. The minimum atomic E-state index is -0.143. The van der Waals surface area contributed by atoms with Gasteiger partial charge in [-0.05, 0) is 19.1 Å². The van der Waals surface area contributed by atoms with E-state index in [1.54, 1.807) is 6.92 Å². The highest BCUT2D eigenvalue weighted by Gasteiger charge is 2.20. The van der Waals surface area contributed by atoms with E-state index in [1.165, 1.54) is 0 Å². The van der Waals surface area contributed by atoms with Gasteiger partial charge in [0.1, 0.15) is 0 Å². The van der Waals surface area contributed by atoms with Crippen LogP contribution in [0.15, 0.2) is 5.10 Å². The van der Waals surface area contributed by atoms with Gasteiger partial charge < -0.3 is 5.73 Å². The zero-order valence-corrected chi connectivity index (χ0v) is 6.81. The molecule has 11 heavy (non-hydrogen) atoms. The number of carbonyl (C=O) groups excluding carboxylic acids is 1. The first-order chi connectivity index (χ1) is 5.09. The smallest absolute Gasteiger partial charge is 0.268 e. The summed E-state index contributed by atoms with van der Waals surface area (Å²) in [6, 6.07) is 0. The molecule has 1 heterocycles. The van der Waals surface area contributed by atoms with Gasteiger partial charge in [0.2, 0.25) is 0 Å². The molecular weight excluding hydrogens is 164 g/mol. The van der Waals surface area contributed by atoms with Crippen molar-refractivity contribution in [2.45, 2.75) is 13.3 Å². The van der Waals surface area contributed by atoms with Crippen molar-refractivity contribution in [2.75, 3.05) is 0 Å². The third-order valence-electron chi connectivity index (χ3n) is 1.13. The summed E-state index contributed by atoms with van der Waals surface area (Å²) in [6.45, 7) is 1.76. The number of hydrazone groups is 1. The van der Waals surface area contributed by atoms with Crippen LogP contribution in [0.25, 0.3) is 0 Å². The Morgan fingerprint density at radius 2 is 2.55 bits per heavy atom. The minimum absolute atomic E-state index is 0.0387. The fourth-order valence-corrected chi connectivity index (χ4v) is 0.834. The number of carbonyl (C=O) groups is 1. The molecule has 0 aromatic carbocycles. The molecule has 0 aliphatic carbocycles. The molecule has 0 aromatic heterocycles. The molecule has 0 saturated carbocycles. The molecule has 1 aliphatic heterocycles. The average Bonchev–Trinajstić information content (AvgIpc) is 2.09. The third kappa shape index (κ3) is 1.87. The zero-order chi connectivity index (χ0) is 8.43. The molecule has 6 heteroatoms. The molecule has 3 N–H and O–H groups in total. The number of thiocarbonyl (C=S) groups is 1. The van der Waals surface area contributed by atoms with Crippen molar-refractivity contribution in [1.29, 1.82) is 0 Å². The van der Waals surface area contributed by atoms with Gasteiger partial charge in [-0.3, -0.25) is 10.2 Å². The first-order valence-corrected chi connectivity index (χ1v) is 3.43. The number of nitrogens with two attached hydrogens (primary N) is 1. The predicted molar refractivity (Wildman–Crippen MR) is 44.5 cm³/mol. The van der Waals surface area contributed by atoms with Gasteiger partial charge in [0.15, 0.2) is 5.11 Å². The summed E-state index contributed by atoms with van der Waals surface area (Å²) >= 11 is 4.53. The molecule has 1 amide bonds. The molecule has 5 nitrogen and oxygen atoms in total. The van der Waals surface area contributed by atoms with Crippen LogP contribution in [0.5, 0.6) is 0 Å². The second kappa shape index (κ2) is 2.83. The monoisotopic (exact) mass is 172 g/mol. The fraction of sp³-hybridized carbons (Fsp3) is 0.400. The van der Waals surface area contributed by atoms with Crippen molar-refractivity contribution in [3.8, 4) is 0 Å². The molecule has 0 unspecified atom stereocenters. The number of nitrogens with one attached hydrogen (secondary N) is 1. The topological polar surface area (TPSA) is 70.7 Å². The SMILES string of the molecule is CC1=NN(NC(N)=S)C(=O)C1. The Bertz CT molecular complexity index is 237. The molecule has 0 radical (unpaired) electrons. The lowest BCUT2D eigenvalue weighted by Gasteiger charge is -2.11. The van der Waals surface area contributed by atoms with Crippen LogP contribution in [0.2, 0.25) is 0 Å². The first kappa shape index (κ1) is 7.93. The van der Waals surface area contributed by atoms with E-state index in [1.807, 2.05) is 0 Å². The first-order valence-electron chi connectivity index (χ1n) is 3.02. The maximum Gasteiger partial charge on any atom is 0.268 e. The summed E-state index contributed by atoms with van der Waals surface area (Å²) < 4.78 is 0. The zero-order valence-electron chi connectivity index (χ0n) is 6.00. The van der Waals surface area contributed by atoms with E-state index in [9.17, 15) is 4.79 Å². The molecular formula is C5H8N4OS. The van der Waals surface area contributed by atoms with E-state index in [0.29, 0.717) is 6.42 Å². The predicted octanol–water partition coefficient (Wildman–Crippen LogP) is -0.657. The lowest BCUT2D eigenvalue weighted by Crippen LogP contribution is -2.42. The van der Waals surface area contributed by atoms with E-state index < -0.39 is 0 Å². The Hall–Kier alpha value is -1.17. The standard InChI is InChI=1S/C5H8N4OS/c1-3-2-4(10)9(7-3)8-5(6)11/h2H2,1H3,(H3,6,8,11). The summed E-state index contributed by atoms with van der Waals surface area (Å²) in [7, 11) is 0. The van der Waals surface area contributed by atoms with E-state index in [4.69, 9.17) is 5.73 Å². The van der Waals surface area contributed by atoms with Crippen molar-refractivity contribution >= 4 is 28.9 Å². The van der Waals surface area contributed by atoms with E-state index in [-0.39, 0.29) is 11.0 Å². The molecule has 60 valence electrons. The van der Waals surface area contributed by atoms with Crippen LogP contribution in [0, 0.1) is 0 Å². The summed E-state index contributed by atoms with van der Waals surface area (Å²) in [6.07, 6.45) is 0.329. The van der Waals surface area contributed by atoms with Crippen molar-refractivity contribution < 1.29 is 4.79 Å². The number of hydrogen-bond acceptors (Lipinski definition) is 3. The maximum atomic E-state index is 11.0. The van der Waals surface area contributed by atoms with Crippen LogP contribution >= 0.6 is 12.2 Å². The molecule has 0 saturated heterocycles. The van der Waals surface area contributed by atoms with E-state index in [0.717, 1.165) is 10.8 Å². The van der Waals surface area contributed by atoms with Gasteiger partial charge in [-0.15, -0.1) is 5.12 Å². The van der Waals surface area contributed by atoms with Crippen LogP contribution in [-0.4, -0.2) is 21.8 Å². The van der Waals surface area contributed by atoms with Crippen molar-refractivity contribution in [2.24, 2.45) is 10.8 Å². The van der Waals surface area contributed by atoms with Crippen LogP contribution in [-0.2, 0) is 4.79 Å².